The Morgan fingerprint density at radius 2 is 2.19 bits per heavy atom. The van der Waals surface area contributed by atoms with Crippen LogP contribution < -0.4 is 10.6 Å². The van der Waals surface area contributed by atoms with Crippen LogP contribution in [0.15, 0.2) is 18.2 Å². The summed E-state index contributed by atoms with van der Waals surface area (Å²) in [6, 6.07) is 3.90. The summed E-state index contributed by atoms with van der Waals surface area (Å²) < 4.78 is 13.2. The number of benzene rings is 1. The number of nitro groups is 1. The number of carbonyl (C=O) groups excluding carboxylic acids is 1. The quantitative estimate of drug-likeness (QED) is 0.437. The molecule has 0 spiro atoms. The van der Waals surface area contributed by atoms with Crippen molar-refractivity contribution in [2.45, 2.75) is 39.3 Å². The summed E-state index contributed by atoms with van der Waals surface area (Å²) in [7, 11) is 0. The second kappa shape index (κ2) is 8.31. The Kier molecular flexibility index (Phi) is 6.74. The Bertz CT molecular complexity index is 508. The highest BCUT2D eigenvalue weighted by molar-refractivity contribution is 5.76. The SMILES string of the molecule is CC[C@H](C)NC(=O)CCNCc1ccc(F)c([N+](=O)[O-])c1. The number of carbonyl (C=O) groups is 1. The minimum Gasteiger partial charge on any atom is -0.354 e. The molecule has 2 N–H and O–H groups in total. The van der Waals surface area contributed by atoms with Crippen molar-refractivity contribution >= 4 is 11.6 Å². The highest BCUT2D eigenvalue weighted by Gasteiger charge is 2.14. The van der Waals surface area contributed by atoms with E-state index in [1.165, 1.54) is 12.1 Å². The molecule has 0 fully saturated rings. The molecule has 0 bridgehead atoms. The van der Waals surface area contributed by atoms with Gasteiger partial charge in [-0.05, 0) is 25.0 Å². The molecule has 1 amide bonds. The van der Waals surface area contributed by atoms with Gasteiger partial charge in [0.05, 0.1) is 4.92 Å². The van der Waals surface area contributed by atoms with Crippen molar-refractivity contribution in [1.29, 1.82) is 0 Å². The van der Waals surface area contributed by atoms with Crippen molar-refractivity contribution in [2.24, 2.45) is 0 Å². The fraction of sp³-hybridized carbons (Fsp3) is 0.500. The van der Waals surface area contributed by atoms with E-state index in [4.69, 9.17) is 0 Å². The van der Waals surface area contributed by atoms with E-state index in [2.05, 4.69) is 10.6 Å². The van der Waals surface area contributed by atoms with Crippen molar-refractivity contribution in [3.8, 4) is 0 Å². The maximum absolute atomic E-state index is 13.2. The first-order chi connectivity index (χ1) is 9.93. The second-order valence-electron chi connectivity index (χ2n) is 4.85. The van der Waals surface area contributed by atoms with Gasteiger partial charge in [0.15, 0.2) is 0 Å². The van der Waals surface area contributed by atoms with Crippen LogP contribution in [0.2, 0.25) is 0 Å². The van der Waals surface area contributed by atoms with Crippen LogP contribution in [-0.4, -0.2) is 23.4 Å². The third kappa shape index (κ3) is 5.86. The minimum absolute atomic E-state index is 0.0399. The summed E-state index contributed by atoms with van der Waals surface area (Å²) in [4.78, 5) is 21.4. The molecular weight excluding hydrogens is 277 g/mol. The third-order valence-corrected chi connectivity index (χ3v) is 3.08. The van der Waals surface area contributed by atoms with Crippen LogP contribution in [0.3, 0.4) is 0 Å². The molecule has 6 nitrogen and oxygen atoms in total. The van der Waals surface area contributed by atoms with E-state index in [0.29, 0.717) is 25.1 Å². The molecule has 0 heterocycles. The van der Waals surface area contributed by atoms with Crippen LogP contribution in [-0.2, 0) is 11.3 Å². The van der Waals surface area contributed by atoms with Crippen molar-refractivity contribution in [1.82, 2.24) is 10.6 Å². The van der Waals surface area contributed by atoms with Crippen LogP contribution in [0.5, 0.6) is 0 Å². The standard InChI is InChI=1S/C14H20FN3O3/c1-3-10(2)17-14(19)6-7-16-9-11-4-5-12(15)13(8-11)18(20)21/h4-5,8,10,16H,3,6-7,9H2,1-2H3,(H,17,19)/t10-/m0/s1. The molecule has 0 saturated heterocycles. The Balaban J connectivity index is 2.38. The Labute approximate surface area is 122 Å². The van der Waals surface area contributed by atoms with Crippen LogP contribution in [0.1, 0.15) is 32.3 Å². The van der Waals surface area contributed by atoms with Gasteiger partial charge >= 0.3 is 5.69 Å². The summed E-state index contributed by atoms with van der Waals surface area (Å²) >= 11 is 0. The van der Waals surface area contributed by atoms with Crippen LogP contribution >= 0.6 is 0 Å². The lowest BCUT2D eigenvalue weighted by atomic mass is 10.2. The zero-order valence-electron chi connectivity index (χ0n) is 12.2. The van der Waals surface area contributed by atoms with Gasteiger partial charge in [-0.25, -0.2) is 0 Å². The lowest BCUT2D eigenvalue weighted by Crippen LogP contribution is -2.33. The molecule has 1 aromatic rings. The molecule has 7 heteroatoms. The van der Waals surface area contributed by atoms with Gasteiger partial charge in [0, 0.05) is 31.6 Å². The molecule has 1 atom stereocenters. The summed E-state index contributed by atoms with van der Waals surface area (Å²) in [6.45, 7) is 4.72. The van der Waals surface area contributed by atoms with E-state index in [1.807, 2.05) is 13.8 Å². The van der Waals surface area contributed by atoms with Gasteiger partial charge in [-0.15, -0.1) is 0 Å². The van der Waals surface area contributed by atoms with E-state index < -0.39 is 16.4 Å². The van der Waals surface area contributed by atoms with Gasteiger partial charge in [0.2, 0.25) is 11.7 Å². The summed E-state index contributed by atoms with van der Waals surface area (Å²) in [5.41, 5.74) is 0.0641. The normalized spacial score (nSPS) is 12.0. The first kappa shape index (κ1) is 17.0. The van der Waals surface area contributed by atoms with Crippen LogP contribution in [0, 0.1) is 15.9 Å². The van der Waals surface area contributed by atoms with E-state index >= 15 is 0 Å². The van der Waals surface area contributed by atoms with E-state index in [-0.39, 0.29) is 11.9 Å². The fourth-order valence-electron chi connectivity index (χ4n) is 1.69. The van der Waals surface area contributed by atoms with E-state index in [9.17, 15) is 19.3 Å². The van der Waals surface area contributed by atoms with Gasteiger partial charge in [-0.2, -0.15) is 4.39 Å². The van der Waals surface area contributed by atoms with Crippen molar-refractivity contribution in [3.05, 3.63) is 39.7 Å². The van der Waals surface area contributed by atoms with E-state index in [1.54, 1.807) is 0 Å². The smallest absolute Gasteiger partial charge is 0.305 e. The van der Waals surface area contributed by atoms with Crippen LogP contribution in [0.25, 0.3) is 0 Å². The molecule has 0 radical (unpaired) electrons. The topological polar surface area (TPSA) is 84.3 Å². The zero-order chi connectivity index (χ0) is 15.8. The average molecular weight is 297 g/mol. The highest BCUT2D eigenvalue weighted by atomic mass is 19.1. The average Bonchev–Trinajstić information content (AvgIpc) is 2.44. The number of nitrogens with one attached hydrogen (secondary N) is 2. The summed E-state index contributed by atoms with van der Waals surface area (Å²) in [6.07, 6.45) is 1.20. The molecule has 116 valence electrons. The molecule has 1 aromatic carbocycles. The molecule has 1 rings (SSSR count). The Hall–Kier alpha value is -2.02. The number of nitrogens with zero attached hydrogens (tertiary/aromatic N) is 1. The first-order valence-electron chi connectivity index (χ1n) is 6.87. The molecule has 0 saturated carbocycles. The number of hydrogen-bond acceptors (Lipinski definition) is 4. The van der Waals surface area contributed by atoms with Crippen molar-refractivity contribution in [2.75, 3.05) is 6.54 Å². The lowest BCUT2D eigenvalue weighted by Gasteiger charge is -2.11. The second-order valence-corrected chi connectivity index (χ2v) is 4.85. The first-order valence-corrected chi connectivity index (χ1v) is 6.87. The number of nitro benzene ring substituents is 1. The Morgan fingerprint density at radius 1 is 1.48 bits per heavy atom. The zero-order valence-corrected chi connectivity index (χ0v) is 12.2. The number of rotatable bonds is 8. The summed E-state index contributed by atoms with van der Waals surface area (Å²) in [5, 5.41) is 16.5. The number of hydrogen-bond donors (Lipinski definition) is 2. The highest BCUT2D eigenvalue weighted by Crippen LogP contribution is 2.18. The molecule has 0 unspecified atom stereocenters. The summed E-state index contributed by atoms with van der Waals surface area (Å²) in [5.74, 6) is -0.890. The molecule has 0 aliphatic rings. The molecular formula is C14H20FN3O3. The number of amides is 1. The van der Waals surface area contributed by atoms with Crippen molar-refractivity contribution in [3.63, 3.8) is 0 Å². The van der Waals surface area contributed by atoms with E-state index in [0.717, 1.165) is 12.5 Å². The molecule has 0 aliphatic carbocycles. The predicted octanol–water partition coefficient (Wildman–Crippen LogP) is 2.13. The van der Waals surface area contributed by atoms with Gasteiger partial charge < -0.3 is 10.6 Å². The van der Waals surface area contributed by atoms with Gasteiger partial charge in [0.1, 0.15) is 0 Å². The maximum Gasteiger partial charge on any atom is 0.305 e. The molecule has 0 aliphatic heterocycles. The van der Waals surface area contributed by atoms with Gasteiger partial charge in [0.25, 0.3) is 0 Å². The lowest BCUT2D eigenvalue weighted by molar-refractivity contribution is -0.387. The van der Waals surface area contributed by atoms with Gasteiger partial charge in [-0.1, -0.05) is 13.0 Å². The fourth-order valence-corrected chi connectivity index (χ4v) is 1.69. The largest absolute Gasteiger partial charge is 0.354 e. The third-order valence-electron chi connectivity index (χ3n) is 3.08. The van der Waals surface area contributed by atoms with Crippen LogP contribution in [0.4, 0.5) is 10.1 Å². The number of halogens is 1. The Morgan fingerprint density at radius 3 is 2.81 bits per heavy atom. The monoisotopic (exact) mass is 297 g/mol. The van der Waals surface area contributed by atoms with Crippen molar-refractivity contribution < 1.29 is 14.1 Å². The van der Waals surface area contributed by atoms with Gasteiger partial charge in [-0.3, -0.25) is 14.9 Å². The molecule has 0 aromatic heterocycles. The minimum atomic E-state index is -0.850. The maximum atomic E-state index is 13.2. The predicted molar refractivity (Wildman–Crippen MR) is 77.3 cm³/mol. The molecule has 21 heavy (non-hydrogen) atoms.